The van der Waals surface area contributed by atoms with Gasteiger partial charge in [0.05, 0.1) is 0 Å². The fourth-order valence-corrected chi connectivity index (χ4v) is 2.46. The molecule has 0 saturated carbocycles. The molecule has 0 N–H and O–H groups in total. The zero-order valence-corrected chi connectivity index (χ0v) is 11.1. The van der Waals surface area contributed by atoms with Crippen molar-refractivity contribution < 1.29 is 4.79 Å². The van der Waals surface area contributed by atoms with Crippen LogP contribution in [-0.2, 0) is 7.05 Å². The molecule has 0 amide bonds. The van der Waals surface area contributed by atoms with Gasteiger partial charge in [0.2, 0.25) is 0 Å². The molecule has 1 aromatic heterocycles. The monoisotopic (exact) mass is 249 g/mol. The van der Waals surface area contributed by atoms with Crippen molar-refractivity contribution in [3.05, 3.63) is 60.3 Å². The normalized spacial score (nSPS) is 10.8. The summed E-state index contributed by atoms with van der Waals surface area (Å²) >= 11 is 0. The number of fused-ring (bicyclic) bond motifs is 1. The van der Waals surface area contributed by atoms with E-state index in [4.69, 9.17) is 0 Å². The third-order valence-electron chi connectivity index (χ3n) is 3.50. The summed E-state index contributed by atoms with van der Waals surface area (Å²) in [5.41, 5.74) is 4.31. The Kier molecular flexibility index (Phi) is 2.71. The number of carbonyl (C=O) groups is 1. The Morgan fingerprint density at radius 2 is 1.68 bits per heavy atom. The lowest BCUT2D eigenvalue weighted by Gasteiger charge is -2.01. The maximum atomic E-state index is 11.3. The summed E-state index contributed by atoms with van der Waals surface area (Å²) in [6.45, 7) is 1.59. The van der Waals surface area contributed by atoms with Gasteiger partial charge in [-0.2, -0.15) is 0 Å². The number of benzene rings is 2. The molecule has 0 aliphatic rings. The molecule has 2 heteroatoms. The summed E-state index contributed by atoms with van der Waals surface area (Å²) < 4.78 is 2.13. The molecule has 0 aliphatic carbocycles. The van der Waals surface area contributed by atoms with Gasteiger partial charge in [0.15, 0.2) is 5.78 Å². The molecule has 94 valence electrons. The fourth-order valence-electron chi connectivity index (χ4n) is 2.46. The summed E-state index contributed by atoms with van der Waals surface area (Å²) in [6.07, 6.45) is 2.13. The molecule has 0 spiro atoms. The Balaban J connectivity index is 2.16. The van der Waals surface area contributed by atoms with Crippen molar-refractivity contribution in [2.24, 2.45) is 7.05 Å². The third kappa shape index (κ3) is 1.95. The van der Waals surface area contributed by atoms with E-state index in [9.17, 15) is 4.79 Å². The van der Waals surface area contributed by atoms with Gasteiger partial charge in [-0.3, -0.25) is 4.79 Å². The predicted octanol–water partition coefficient (Wildman–Crippen LogP) is 4.05. The summed E-state index contributed by atoms with van der Waals surface area (Å²) in [6, 6.07) is 16.1. The largest absolute Gasteiger partial charge is 0.350 e. The van der Waals surface area contributed by atoms with Crippen LogP contribution in [0.4, 0.5) is 0 Å². The molecule has 2 nitrogen and oxygen atoms in total. The molecule has 3 rings (SSSR count). The maximum absolute atomic E-state index is 11.3. The number of Topliss-reactive ketones (excluding diaryl/α,β-unsaturated/α-hetero) is 1. The summed E-state index contributed by atoms with van der Waals surface area (Å²) in [4.78, 5) is 11.3. The van der Waals surface area contributed by atoms with Crippen LogP contribution < -0.4 is 0 Å². The number of hydrogen-bond acceptors (Lipinski definition) is 1. The fraction of sp³-hybridized carbons (Fsp3) is 0.118. The van der Waals surface area contributed by atoms with Crippen molar-refractivity contribution >= 4 is 16.7 Å². The molecule has 0 atom stereocenters. The lowest BCUT2D eigenvalue weighted by Crippen LogP contribution is -1.90. The van der Waals surface area contributed by atoms with Crippen molar-refractivity contribution in [2.75, 3.05) is 0 Å². The molecule has 0 aliphatic heterocycles. The number of rotatable bonds is 2. The number of nitrogens with zero attached hydrogens (tertiary/aromatic N) is 1. The highest BCUT2D eigenvalue weighted by atomic mass is 16.1. The molecule has 19 heavy (non-hydrogen) atoms. The van der Waals surface area contributed by atoms with Gasteiger partial charge in [-0.15, -0.1) is 0 Å². The van der Waals surface area contributed by atoms with Gasteiger partial charge in [-0.25, -0.2) is 0 Å². The van der Waals surface area contributed by atoms with E-state index in [1.54, 1.807) is 6.92 Å². The Bertz CT molecular complexity index is 751. The van der Waals surface area contributed by atoms with Gasteiger partial charge in [-0.1, -0.05) is 42.5 Å². The standard InChI is InChI=1S/C17H15NO/c1-12(19)13-7-9-14(10-8-13)16-11-18(2)17-6-4-3-5-15(16)17/h3-11H,1-2H3. The van der Waals surface area contributed by atoms with Crippen LogP contribution in [0.15, 0.2) is 54.7 Å². The Labute approximate surface area is 112 Å². The van der Waals surface area contributed by atoms with Crippen molar-refractivity contribution in [2.45, 2.75) is 6.92 Å². The molecular formula is C17H15NO. The molecule has 3 aromatic rings. The van der Waals surface area contributed by atoms with Crippen LogP contribution in [0.25, 0.3) is 22.0 Å². The van der Waals surface area contributed by atoms with Crippen LogP contribution in [0, 0.1) is 0 Å². The summed E-state index contributed by atoms with van der Waals surface area (Å²) in [5.74, 6) is 0.101. The van der Waals surface area contributed by atoms with E-state index in [-0.39, 0.29) is 5.78 Å². The van der Waals surface area contributed by atoms with E-state index in [2.05, 4.69) is 36.0 Å². The summed E-state index contributed by atoms with van der Waals surface area (Å²) in [7, 11) is 2.05. The lowest BCUT2D eigenvalue weighted by atomic mass is 10.0. The first-order valence-corrected chi connectivity index (χ1v) is 6.32. The third-order valence-corrected chi connectivity index (χ3v) is 3.50. The lowest BCUT2D eigenvalue weighted by molar-refractivity contribution is 0.101. The number of hydrogen-bond donors (Lipinski definition) is 0. The second-order valence-corrected chi connectivity index (χ2v) is 4.80. The first-order valence-electron chi connectivity index (χ1n) is 6.32. The average Bonchev–Trinajstić information content (AvgIpc) is 2.77. The quantitative estimate of drug-likeness (QED) is 0.628. The zero-order chi connectivity index (χ0) is 13.4. The molecule has 0 fully saturated rings. The zero-order valence-electron chi connectivity index (χ0n) is 11.1. The van der Waals surface area contributed by atoms with Crippen LogP contribution in [0.3, 0.4) is 0 Å². The topological polar surface area (TPSA) is 22.0 Å². The Morgan fingerprint density at radius 3 is 2.37 bits per heavy atom. The minimum absolute atomic E-state index is 0.101. The molecule has 0 unspecified atom stereocenters. The van der Waals surface area contributed by atoms with Crippen LogP contribution >= 0.6 is 0 Å². The first kappa shape index (κ1) is 11.7. The van der Waals surface area contributed by atoms with Crippen LogP contribution in [0.5, 0.6) is 0 Å². The second-order valence-electron chi connectivity index (χ2n) is 4.80. The van der Waals surface area contributed by atoms with Gasteiger partial charge < -0.3 is 4.57 Å². The van der Waals surface area contributed by atoms with E-state index in [1.165, 1.54) is 16.5 Å². The van der Waals surface area contributed by atoms with Crippen molar-refractivity contribution in [3.8, 4) is 11.1 Å². The van der Waals surface area contributed by atoms with Gasteiger partial charge in [0.1, 0.15) is 0 Å². The van der Waals surface area contributed by atoms with Gasteiger partial charge in [-0.05, 0) is 18.6 Å². The molecule has 0 bridgehead atoms. The smallest absolute Gasteiger partial charge is 0.159 e. The van der Waals surface area contributed by atoms with Crippen molar-refractivity contribution in [1.29, 1.82) is 0 Å². The number of carbonyl (C=O) groups excluding carboxylic acids is 1. The Morgan fingerprint density at radius 1 is 1.00 bits per heavy atom. The molecule has 1 heterocycles. The van der Waals surface area contributed by atoms with Crippen LogP contribution in [0.1, 0.15) is 17.3 Å². The summed E-state index contributed by atoms with van der Waals surface area (Å²) in [5, 5.41) is 1.24. The number of para-hydroxylation sites is 1. The van der Waals surface area contributed by atoms with Crippen LogP contribution in [-0.4, -0.2) is 10.4 Å². The maximum Gasteiger partial charge on any atom is 0.159 e. The SMILES string of the molecule is CC(=O)c1ccc(-c2cn(C)c3ccccc23)cc1. The van der Waals surface area contributed by atoms with Crippen LogP contribution in [0.2, 0.25) is 0 Å². The number of aryl methyl sites for hydroxylation is 1. The van der Waals surface area contributed by atoms with Gasteiger partial charge in [0.25, 0.3) is 0 Å². The van der Waals surface area contributed by atoms with E-state index >= 15 is 0 Å². The molecule has 0 saturated heterocycles. The highest BCUT2D eigenvalue weighted by molar-refractivity contribution is 5.98. The molecular weight excluding hydrogens is 234 g/mol. The van der Waals surface area contributed by atoms with E-state index in [1.807, 2.05) is 30.3 Å². The average molecular weight is 249 g/mol. The number of ketones is 1. The highest BCUT2D eigenvalue weighted by Crippen LogP contribution is 2.30. The van der Waals surface area contributed by atoms with E-state index in [0.717, 1.165) is 11.1 Å². The minimum Gasteiger partial charge on any atom is -0.350 e. The van der Waals surface area contributed by atoms with Crippen molar-refractivity contribution in [1.82, 2.24) is 4.57 Å². The van der Waals surface area contributed by atoms with E-state index < -0.39 is 0 Å². The molecule has 0 radical (unpaired) electrons. The van der Waals surface area contributed by atoms with Crippen molar-refractivity contribution in [3.63, 3.8) is 0 Å². The predicted molar refractivity (Wildman–Crippen MR) is 78.4 cm³/mol. The van der Waals surface area contributed by atoms with Gasteiger partial charge in [0, 0.05) is 35.3 Å². The van der Waals surface area contributed by atoms with Gasteiger partial charge >= 0.3 is 0 Å². The molecule has 2 aromatic carbocycles. The highest BCUT2D eigenvalue weighted by Gasteiger charge is 2.08. The number of aromatic nitrogens is 1. The Hall–Kier alpha value is -2.35. The minimum atomic E-state index is 0.101. The van der Waals surface area contributed by atoms with E-state index in [0.29, 0.717) is 0 Å². The second kappa shape index (κ2) is 4.39. The first-order chi connectivity index (χ1) is 9.16.